The van der Waals surface area contributed by atoms with Crippen LogP contribution in [0.25, 0.3) is 22.2 Å². The molecule has 0 bridgehead atoms. The fourth-order valence-corrected chi connectivity index (χ4v) is 4.86. The third kappa shape index (κ3) is 4.59. The van der Waals surface area contributed by atoms with Crippen molar-refractivity contribution in [2.45, 2.75) is 13.8 Å². The maximum absolute atomic E-state index is 13.5. The number of carbonyl (C=O) groups excluding carboxylic acids is 2. The van der Waals surface area contributed by atoms with Crippen molar-refractivity contribution in [2.75, 3.05) is 26.1 Å². The van der Waals surface area contributed by atoms with Crippen LogP contribution in [0.15, 0.2) is 48.5 Å². The number of hydrogen-bond acceptors (Lipinski definition) is 8. The minimum atomic E-state index is -0.528. The van der Waals surface area contributed by atoms with Gasteiger partial charge in [0.25, 0.3) is 5.91 Å². The molecule has 8 nitrogen and oxygen atoms in total. The number of nitrogens with zero attached hydrogens (tertiary/aromatic N) is 2. The van der Waals surface area contributed by atoms with Gasteiger partial charge >= 0.3 is 5.97 Å². The summed E-state index contributed by atoms with van der Waals surface area (Å²) in [5.41, 5.74) is 2.90. The van der Waals surface area contributed by atoms with Crippen molar-refractivity contribution < 1.29 is 23.8 Å². The number of nitrogens with one attached hydrogen (secondary N) is 1. The van der Waals surface area contributed by atoms with E-state index in [4.69, 9.17) is 19.2 Å². The zero-order valence-corrected chi connectivity index (χ0v) is 21.0. The van der Waals surface area contributed by atoms with Crippen molar-refractivity contribution in [1.29, 1.82) is 5.26 Å². The van der Waals surface area contributed by atoms with E-state index in [9.17, 15) is 14.9 Å². The fourth-order valence-electron chi connectivity index (χ4n) is 3.81. The predicted molar refractivity (Wildman–Crippen MR) is 138 cm³/mol. The molecular formula is C27H23N3O5S. The highest BCUT2D eigenvalue weighted by molar-refractivity contribution is 7.18. The Morgan fingerprint density at radius 3 is 2.58 bits per heavy atom. The second-order valence-electron chi connectivity index (χ2n) is 7.69. The van der Waals surface area contributed by atoms with Gasteiger partial charge in [-0.15, -0.1) is 11.3 Å². The average molecular weight is 502 g/mol. The summed E-state index contributed by atoms with van der Waals surface area (Å²) in [6, 6.07) is 16.4. The summed E-state index contributed by atoms with van der Waals surface area (Å²) in [4.78, 5) is 30.9. The Hall–Kier alpha value is -4.42. The molecule has 4 aromatic rings. The highest BCUT2D eigenvalue weighted by atomic mass is 32.1. The third-order valence-electron chi connectivity index (χ3n) is 5.59. The number of para-hydroxylation sites is 1. The lowest BCUT2D eigenvalue weighted by atomic mass is 10.0. The van der Waals surface area contributed by atoms with Crippen molar-refractivity contribution >= 4 is 39.1 Å². The van der Waals surface area contributed by atoms with E-state index in [0.29, 0.717) is 44.8 Å². The van der Waals surface area contributed by atoms with Crippen molar-refractivity contribution in [2.24, 2.45) is 0 Å². The Kier molecular flexibility index (Phi) is 7.17. The molecule has 0 spiro atoms. The topological polar surface area (TPSA) is 111 Å². The molecule has 0 saturated heterocycles. The van der Waals surface area contributed by atoms with E-state index in [1.165, 1.54) is 0 Å². The number of fused-ring (bicyclic) bond motifs is 1. The number of benzene rings is 2. The van der Waals surface area contributed by atoms with Crippen LogP contribution in [0.2, 0.25) is 0 Å². The number of pyridine rings is 1. The van der Waals surface area contributed by atoms with Crippen molar-refractivity contribution in [1.82, 2.24) is 4.98 Å². The molecule has 182 valence electrons. The first-order valence-corrected chi connectivity index (χ1v) is 11.9. The lowest BCUT2D eigenvalue weighted by molar-refractivity contribution is 0.0531. The Morgan fingerprint density at radius 1 is 1.11 bits per heavy atom. The lowest BCUT2D eigenvalue weighted by Gasteiger charge is -2.13. The molecular weight excluding hydrogens is 478 g/mol. The van der Waals surface area contributed by atoms with Gasteiger partial charge in [-0.2, -0.15) is 5.26 Å². The van der Waals surface area contributed by atoms with E-state index < -0.39 is 11.9 Å². The molecule has 36 heavy (non-hydrogen) atoms. The second kappa shape index (κ2) is 10.5. The summed E-state index contributed by atoms with van der Waals surface area (Å²) < 4.78 is 15.9. The molecule has 1 amide bonds. The Morgan fingerprint density at radius 2 is 1.89 bits per heavy atom. The minimum absolute atomic E-state index is 0.209. The second-order valence-corrected chi connectivity index (χ2v) is 8.71. The molecule has 0 fully saturated rings. The van der Waals surface area contributed by atoms with Crippen LogP contribution in [0.3, 0.4) is 0 Å². The molecule has 0 unspecified atom stereocenters. The zero-order valence-electron chi connectivity index (χ0n) is 20.2. The van der Waals surface area contributed by atoms with Crippen LogP contribution >= 0.6 is 11.3 Å². The minimum Gasteiger partial charge on any atom is -0.497 e. The van der Waals surface area contributed by atoms with E-state index in [2.05, 4.69) is 11.4 Å². The number of hydrogen-bond donors (Lipinski definition) is 1. The van der Waals surface area contributed by atoms with Crippen molar-refractivity contribution in [3.63, 3.8) is 0 Å². The van der Waals surface area contributed by atoms with Crippen LogP contribution in [-0.2, 0) is 4.74 Å². The number of rotatable bonds is 7. The molecule has 0 aliphatic carbocycles. The molecule has 0 radical (unpaired) electrons. The van der Waals surface area contributed by atoms with E-state index in [1.807, 2.05) is 24.3 Å². The highest BCUT2D eigenvalue weighted by Crippen LogP contribution is 2.36. The number of nitriles is 1. The Bertz CT molecular complexity index is 1520. The van der Waals surface area contributed by atoms with E-state index in [1.54, 1.807) is 52.3 Å². The molecule has 2 aromatic heterocycles. The van der Waals surface area contributed by atoms with Crippen LogP contribution in [0, 0.1) is 18.3 Å². The summed E-state index contributed by atoms with van der Waals surface area (Å²) in [5.74, 6) is 0.211. The van der Waals surface area contributed by atoms with Gasteiger partial charge in [0, 0.05) is 17.0 Å². The standard InChI is InChI=1S/C27H23N3O5S/c1-5-35-27(32)24-15(2)20(14-28)26(36-24)30-25(31)19-13-22(29-21-9-7-6-8-17(19)21)18-11-10-16(33-3)12-23(18)34-4/h6-13H,5H2,1-4H3,(H,30,31). The smallest absolute Gasteiger partial charge is 0.348 e. The van der Waals surface area contributed by atoms with E-state index in [-0.39, 0.29) is 22.0 Å². The Labute approximate surface area is 212 Å². The van der Waals surface area contributed by atoms with Crippen molar-refractivity contribution in [3.05, 3.63) is 70.1 Å². The van der Waals surface area contributed by atoms with E-state index in [0.717, 1.165) is 11.3 Å². The lowest BCUT2D eigenvalue weighted by Crippen LogP contribution is -2.13. The average Bonchev–Trinajstić information content (AvgIpc) is 3.22. The Balaban J connectivity index is 1.81. The van der Waals surface area contributed by atoms with Crippen LogP contribution in [0.4, 0.5) is 5.00 Å². The highest BCUT2D eigenvalue weighted by Gasteiger charge is 2.24. The van der Waals surface area contributed by atoms with Gasteiger partial charge in [0.15, 0.2) is 0 Å². The molecule has 0 saturated carbocycles. The molecule has 0 aliphatic heterocycles. The van der Waals surface area contributed by atoms with Gasteiger partial charge in [-0.3, -0.25) is 4.79 Å². The molecule has 9 heteroatoms. The number of methoxy groups -OCH3 is 2. The van der Waals surface area contributed by atoms with Gasteiger partial charge in [-0.05, 0) is 43.7 Å². The largest absolute Gasteiger partial charge is 0.497 e. The predicted octanol–water partition coefficient (Wildman–Crippen LogP) is 5.59. The van der Waals surface area contributed by atoms with Crippen LogP contribution in [0.5, 0.6) is 11.5 Å². The number of amides is 1. The number of anilines is 1. The SMILES string of the molecule is CCOC(=O)c1sc(NC(=O)c2cc(-c3ccc(OC)cc3OC)nc3ccccc23)c(C#N)c1C. The van der Waals surface area contributed by atoms with Gasteiger partial charge in [-0.25, -0.2) is 9.78 Å². The summed E-state index contributed by atoms with van der Waals surface area (Å²) >= 11 is 1.02. The van der Waals surface area contributed by atoms with Gasteiger partial charge < -0.3 is 19.5 Å². The monoisotopic (exact) mass is 501 g/mol. The quantitative estimate of drug-likeness (QED) is 0.329. The van der Waals surface area contributed by atoms with Crippen molar-refractivity contribution in [3.8, 4) is 28.8 Å². The van der Waals surface area contributed by atoms with Gasteiger partial charge in [0.05, 0.1) is 43.2 Å². The first-order valence-electron chi connectivity index (χ1n) is 11.1. The summed E-state index contributed by atoms with van der Waals surface area (Å²) in [5, 5.41) is 13.4. The maximum atomic E-state index is 13.5. The van der Waals surface area contributed by atoms with Crippen LogP contribution in [-0.4, -0.2) is 37.7 Å². The molecule has 0 atom stereocenters. The molecule has 0 aliphatic rings. The number of aromatic nitrogens is 1. The molecule has 2 aromatic carbocycles. The van der Waals surface area contributed by atoms with Crippen LogP contribution < -0.4 is 14.8 Å². The summed E-state index contributed by atoms with van der Waals surface area (Å²) in [7, 11) is 3.12. The van der Waals surface area contributed by atoms with Gasteiger partial charge in [-0.1, -0.05) is 18.2 Å². The zero-order chi connectivity index (χ0) is 25.8. The maximum Gasteiger partial charge on any atom is 0.348 e. The summed E-state index contributed by atoms with van der Waals surface area (Å²) in [6.07, 6.45) is 0. The number of esters is 1. The number of ether oxygens (including phenoxy) is 3. The van der Waals surface area contributed by atoms with Gasteiger partial charge in [0.1, 0.15) is 27.4 Å². The normalized spacial score (nSPS) is 10.5. The first-order chi connectivity index (χ1) is 17.4. The fraction of sp³-hybridized carbons (Fsp3) is 0.185. The number of thiophene rings is 1. The molecule has 1 N–H and O–H groups in total. The summed E-state index contributed by atoms with van der Waals surface area (Å²) in [6.45, 7) is 3.58. The molecule has 4 rings (SSSR count). The van der Waals surface area contributed by atoms with E-state index >= 15 is 0 Å². The van der Waals surface area contributed by atoms with Crippen LogP contribution in [0.1, 0.15) is 38.1 Å². The first kappa shape index (κ1) is 24.7. The molecule has 2 heterocycles. The van der Waals surface area contributed by atoms with Gasteiger partial charge in [0.2, 0.25) is 0 Å². The number of carbonyl (C=O) groups is 2. The third-order valence-corrected chi connectivity index (χ3v) is 6.78.